The van der Waals surface area contributed by atoms with E-state index in [4.69, 9.17) is 0 Å². The largest absolute Gasteiger partial charge is 0.299 e. The fourth-order valence-corrected chi connectivity index (χ4v) is 11.2. The first-order valence-corrected chi connectivity index (χ1v) is 13.8. The Morgan fingerprint density at radius 3 is 1.33 bits per heavy atom. The molecule has 0 aliphatic heterocycles. The van der Waals surface area contributed by atoms with Gasteiger partial charge in [-0.25, -0.2) is 0 Å². The molecule has 7 saturated carbocycles. The molecule has 164 valence electrons. The molecule has 0 radical (unpaired) electrons. The molecule has 0 aromatic heterocycles. The van der Waals surface area contributed by atoms with E-state index in [1.165, 1.54) is 77.0 Å². The number of hydrogen-bond donors (Lipinski definition) is 0. The van der Waals surface area contributed by atoms with Crippen molar-refractivity contribution in [2.45, 2.75) is 89.9 Å². The molecule has 2 heteroatoms. The van der Waals surface area contributed by atoms with E-state index in [-0.39, 0.29) is 11.8 Å². The van der Waals surface area contributed by atoms with Crippen molar-refractivity contribution in [2.75, 3.05) is 0 Å². The highest BCUT2D eigenvalue weighted by Crippen LogP contribution is 2.68. The van der Waals surface area contributed by atoms with Crippen LogP contribution in [0.15, 0.2) is 0 Å². The Morgan fingerprint density at radius 2 is 0.867 bits per heavy atom. The van der Waals surface area contributed by atoms with Crippen molar-refractivity contribution in [3.8, 4) is 0 Å². The summed E-state index contributed by atoms with van der Waals surface area (Å²) in [6.07, 6.45) is 18.6. The minimum Gasteiger partial charge on any atom is -0.299 e. The van der Waals surface area contributed by atoms with Gasteiger partial charge in [0.15, 0.2) is 0 Å². The molecule has 0 spiro atoms. The molecule has 0 saturated heterocycles. The summed E-state index contributed by atoms with van der Waals surface area (Å²) in [5.41, 5.74) is 0. The molecule has 0 N–H and O–H groups in total. The summed E-state index contributed by atoms with van der Waals surface area (Å²) in [7, 11) is 0. The molecule has 2 nitrogen and oxygen atoms in total. The molecule has 0 amide bonds. The molecule has 12 unspecified atom stereocenters. The number of carbonyl (C=O) groups excluding carboxylic acids is 2. The Hall–Kier alpha value is -0.660. The van der Waals surface area contributed by atoms with Gasteiger partial charge in [0, 0.05) is 23.7 Å². The van der Waals surface area contributed by atoms with Gasteiger partial charge in [-0.05, 0) is 85.9 Å². The zero-order valence-electron chi connectivity index (χ0n) is 18.6. The van der Waals surface area contributed by atoms with Crippen molar-refractivity contribution in [2.24, 2.45) is 71.0 Å². The normalized spacial score (nSPS) is 56.9. The zero-order valence-corrected chi connectivity index (χ0v) is 18.6. The van der Waals surface area contributed by atoms with Crippen LogP contribution in [0, 0.1) is 71.0 Å². The van der Waals surface area contributed by atoms with Crippen molar-refractivity contribution in [1.29, 1.82) is 0 Å². The van der Waals surface area contributed by atoms with Gasteiger partial charge in [0.1, 0.15) is 11.6 Å². The minimum absolute atomic E-state index is 0.141. The average Bonchev–Trinajstić information content (AvgIpc) is 3.25. The highest BCUT2D eigenvalue weighted by Gasteiger charge is 2.68. The summed E-state index contributed by atoms with van der Waals surface area (Å²) in [6.45, 7) is 0. The van der Waals surface area contributed by atoms with E-state index in [0.717, 1.165) is 36.5 Å². The molecular formula is C28H40O2. The van der Waals surface area contributed by atoms with Crippen LogP contribution in [0.5, 0.6) is 0 Å². The van der Waals surface area contributed by atoms with Gasteiger partial charge >= 0.3 is 0 Å². The first kappa shape index (κ1) is 18.9. The molecule has 7 aliphatic carbocycles. The van der Waals surface area contributed by atoms with E-state index in [9.17, 15) is 9.59 Å². The number of fused-ring (bicyclic) bond motifs is 11. The topological polar surface area (TPSA) is 34.1 Å². The van der Waals surface area contributed by atoms with E-state index in [2.05, 4.69) is 0 Å². The summed E-state index contributed by atoms with van der Waals surface area (Å²) < 4.78 is 0. The van der Waals surface area contributed by atoms with Crippen LogP contribution in [0.25, 0.3) is 0 Å². The molecule has 0 aromatic rings. The van der Waals surface area contributed by atoms with Crippen molar-refractivity contribution >= 4 is 11.6 Å². The Bertz CT molecular complexity index is 679. The monoisotopic (exact) mass is 408 g/mol. The molecule has 0 bridgehead atoms. The lowest BCUT2D eigenvalue weighted by Gasteiger charge is -2.56. The molecule has 0 aromatic carbocycles. The Morgan fingerprint density at radius 1 is 0.467 bits per heavy atom. The van der Waals surface area contributed by atoms with Crippen LogP contribution in [0.2, 0.25) is 0 Å². The van der Waals surface area contributed by atoms with Gasteiger partial charge in [-0.2, -0.15) is 0 Å². The fourth-order valence-electron chi connectivity index (χ4n) is 11.2. The second kappa shape index (κ2) is 6.92. The number of rotatable bonds is 0. The summed E-state index contributed by atoms with van der Waals surface area (Å²) in [4.78, 5) is 27.7. The van der Waals surface area contributed by atoms with Gasteiger partial charge in [0.2, 0.25) is 0 Å². The molecule has 30 heavy (non-hydrogen) atoms. The highest BCUT2D eigenvalue weighted by molar-refractivity contribution is 5.96. The predicted octanol–water partition coefficient (Wildman–Crippen LogP) is 6.08. The molecule has 0 heterocycles. The molecule has 7 fully saturated rings. The van der Waals surface area contributed by atoms with E-state index in [1.54, 1.807) is 0 Å². The van der Waals surface area contributed by atoms with E-state index in [0.29, 0.717) is 47.1 Å². The molecular weight excluding hydrogens is 368 g/mol. The molecule has 12 atom stereocenters. The summed E-state index contributed by atoms with van der Waals surface area (Å²) in [5.74, 6) is 7.98. The SMILES string of the molecule is O=C1C2CCCCC2C2C3CC4CCCCC4CC3C3C4CCCCC4C(=O)C3C12. The average molecular weight is 409 g/mol. The van der Waals surface area contributed by atoms with Crippen molar-refractivity contribution < 1.29 is 9.59 Å². The standard InChI is InChI=1S/C28H40O2/c29-27-19-11-5-3-9-17(19)23-21-13-15-7-1-2-8-16(15)14-22(21)24-18-10-4-6-12-20(18)28(30)26(24)25(23)27/h15-26H,1-14H2. The Labute approximate surface area is 182 Å². The van der Waals surface area contributed by atoms with Gasteiger partial charge in [0.05, 0.1) is 0 Å². The third-order valence-corrected chi connectivity index (χ3v) is 12.0. The van der Waals surface area contributed by atoms with Crippen LogP contribution >= 0.6 is 0 Å². The van der Waals surface area contributed by atoms with Crippen LogP contribution in [-0.4, -0.2) is 11.6 Å². The van der Waals surface area contributed by atoms with Crippen molar-refractivity contribution in [3.05, 3.63) is 0 Å². The predicted molar refractivity (Wildman–Crippen MR) is 117 cm³/mol. The van der Waals surface area contributed by atoms with Crippen molar-refractivity contribution in [1.82, 2.24) is 0 Å². The van der Waals surface area contributed by atoms with Crippen LogP contribution in [0.4, 0.5) is 0 Å². The van der Waals surface area contributed by atoms with Crippen LogP contribution in [0.3, 0.4) is 0 Å². The number of Topliss-reactive ketones (excluding diaryl/α,β-unsaturated/α-hetero) is 2. The second-order valence-electron chi connectivity index (χ2n) is 12.7. The van der Waals surface area contributed by atoms with Gasteiger partial charge < -0.3 is 0 Å². The maximum atomic E-state index is 13.9. The third-order valence-electron chi connectivity index (χ3n) is 12.0. The van der Waals surface area contributed by atoms with E-state index in [1.807, 2.05) is 0 Å². The maximum Gasteiger partial charge on any atom is 0.140 e. The van der Waals surface area contributed by atoms with Crippen LogP contribution < -0.4 is 0 Å². The zero-order chi connectivity index (χ0) is 20.0. The quantitative estimate of drug-likeness (QED) is 0.487. The first-order chi connectivity index (χ1) is 14.7. The first-order valence-electron chi connectivity index (χ1n) is 13.8. The van der Waals surface area contributed by atoms with Crippen LogP contribution in [-0.2, 0) is 9.59 Å². The Balaban J connectivity index is 1.33. The molecule has 7 aliphatic rings. The lowest BCUT2D eigenvalue weighted by Crippen LogP contribution is -2.52. The lowest BCUT2D eigenvalue weighted by molar-refractivity contribution is -0.141. The highest BCUT2D eigenvalue weighted by atomic mass is 16.1. The third kappa shape index (κ3) is 2.43. The number of ketones is 2. The van der Waals surface area contributed by atoms with E-state index < -0.39 is 0 Å². The second-order valence-corrected chi connectivity index (χ2v) is 12.7. The minimum atomic E-state index is 0.141. The number of carbonyl (C=O) groups is 2. The number of hydrogen-bond acceptors (Lipinski definition) is 2. The lowest BCUT2D eigenvalue weighted by atomic mass is 9.48. The summed E-state index contributed by atoms with van der Waals surface area (Å²) in [6, 6.07) is 0. The van der Waals surface area contributed by atoms with Gasteiger partial charge in [-0.15, -0.1) is 0 Å². The maximum absolute atomic E-state index is 13.9. The van der Waals surface area contributed by atoms with Crippen molar-refractivity contribution in [3.63, 3.8) is 0 Å². The Kier molecular flexibility index (Phi) is 4.35. The van der Waals surface area contributed by atoms with Gasteiger partial charge in [0.25, 0.3) is 0 Å². The summed E-state index contributed by atoms with van der Waals surface area (Å²) in [5, 5.41) is 0. The fraction of sp³-hybridized carbons (Fsp3) is 0.929. The van der Waals surface area contributed by atoms with Gasteiger partial charge in [-0.3, -0.25) is 9.59 Å². The van der Waals surface area contributed by atoms with E-state index >= 15 is 0 Å². The summed E-state index contributed by atoms with van der Waals surface area (Å²) >= 11 is 0. The smallest absolute Gasteiger partial charge is 0.140 e. The van der Waals surface area contributed by atoms with Gasteiger partial charge in [-0.1, -0.05) is 51.4 Å². The van der Waals surface area contributed by atoms with Crippen LogP contribution in [0.1, 0.15) is 89.9 Å². The molecule has 7 rings (SSSR count).